The summed E-state index contributed by atoms with van der Waals surface area (Å²) in [6, 6.07) is 22.6. The van der Waals surface area contributed by atoms with Gasteiger partial charge in [-0.05, 0) is 36.8 Å². The molecule has 0 aliphatic carbocycles. The number of para-hydroxylation sites is 3. The molecule has 0 atom stereocenters. The summed E-state index contributed by atoms with van der Waals surface area (Å²) in [5.74, 6) is 2.31. The molecule has 0 radical (unpaired) electrons. The van der Waals surface area contributed by atoms with E-state index < -0.39 is 4.92 Å². The molecule has 10 heteroatoms. The first kappa shape index (κ1) is 22.2. The minimum absolute atomic E-state index is 0.0804. The van der Waals surface area contributed by atoms with Crippen molar-refractivity contribution in [2.45, 2.75) is 30.8 Å². The predicted molar refractivity (Wildman–Crippen MR) is 139 cm³/mol. The van der Waals surface area contributed by atoms with Crippen molar-refractivity contribution in [1.29, 1.82) is 0 Å². The number of nitro benzene ring substituents is 1. The quantitative estimate of drug-likeness (QED) is 0.127. The van der Waals surface area contributed by atoms with Gasteiger partial charge in [0.1, 0.15) is 5.82 Å². The Morgan fingerprint density at radius 1 is 0.917 bits per heavy atom. The van der Waals surface area contributed by atoms with Gasteiger partial charge in [-0.1, -0.05) is 48.2 Å². The maximum Gasteiger partial charge on any atom is 0.269 e. The maximum atomic E-state index is 10.9. The molecule has 0 aliphatic rings. The molecule has 0 unspecified atom stereocenters. The molecule has 0 N–H and O–H groups in total. The topological polar surface area (TPSA) is 104 Å². The highest BCUT2D eigenvalue weighted by Crippen LogP contribution is 2.27. The largest absolute Gasteiger partial charge is 0.328 e. The molecular formula is C26H21N7O2S. The molecule has 6 aromatic rings. The van der Waals surface area contributed by atoms with Crippen molar-refractivity contribution in [2.24, 2.45) is 0 Å². The third-order valence-electron chi connectivity index (χ3n) is 6.11. The average Bonchev–Trinajstić information content (AvgIpc) is 3.47. The summed E-state index contributed by atoms with van der Waals surface area (Å²) >= 11 is 1.53. The Labute approximate surface area is 210 Å². The van der Waals surface area contributed by atoms with Crippen molar-refractivity contribution in [3.05, 3.63) is 100 Å². The number of imidazole rings is 1. The number of nitrogens with zero attached hydrogens (tertiary/aromatic N) is 7. The molecule has 3 heterocycles. The molecule has 6 rings (SSSR count). The van der Waals surface area contributed by atoms with Crippen molar-refractivity contribution in [2.75, 3.05) is 0 Å². The number of fused-ring (bicyclic) bond motifs is 4. The zero-order chi connectivity index (χ0) is 24.6. The van der Waals surface area contributed by atoms with Crippen LogP contribution in [0.15, 0.2) is 78.0 Å². The second-order valence-electron chi connectivity index (χ2n) is 8.44. The van der Waals surface area contributed by atoms with E-state index in [2.05, 4.69) is 15.6 Å². The van der Waals surface area contributed by atoms with Crippen LogP contribution in [0.4, 0.5) is 5.69 Å². The maximum absolute atomic E-state index is 10.9. The third-order valence-corrected chi connectivity index (χ3v) is 7.11. The van der Waals surface area contributed by atoms with Gasteiger partial charge in [-0.2, -0.15) is 4.52 Å². The Hall–Kier alpha value is -4.31. The van der Waals surface area contributed by atoms with Crippen molar-refractivity contribution in [3.63, 3.8) is 0 Å². The Balaban J connectivity index is 1.32. The van der Waals surface area contributed by atoms with E-state index in [1.807, 2.05) is 53.9 Å². The predicted octanol–water partition coefficient (Wildman–Crippen LogP) is 5.38. The van der Waals surface area contributed by atoms with E-state index >= 15 is 0 Å². The summed E-state index contributed by atoms with van der Waals surface area (Å²) < 4.78 is 4.01. The van der Waals surface area contributed by atoms with E-state index in [0.717, 1.165) is 56.5 Å². The molecule has 0 amide bonds. The molecule has 0 spiro atoms. The van der Waals surface area contributed by atoms with E-state index in [1.54, 1.807) is 12.1 Å². The van der Waals surface area contributed by atoms with Crippen LogP contribution in [0.25, 0.3) is 27.6 Å². The minimum Gasteiger partial charge on any atom is -0.328 e. The van der Waals surface area contributed by atoms with E-state index in [1.165, 1.54) is 23.9 Å². The number of aryl methyl sites for hydroxylation is 3. The van der Waals surface area contributed by atoms with Crippen molar-refractivity contribution >= 4 is 45.0 Å². The van der Waals surface area contributed by atoms with Gasteiger partial charge in [-0.3, -0.25) is 10.1 Å². The van der Waals surface area contributed by atoms with Gasteiger partial charge in [0, 0.05) is 36.2 Å². The lowest BCUT2D eigenvalue weighted by molar-refractivity contribution is -0.384. The van der Waals surface area contributed by atoms with Crippen LogP contribution in [-0.2, 0) is 18.7 Å². The normalized spacial score (nSPS) is 11.6. The van der Waals surface area contributed by atoms with Crippen molar-refractivity contribution in [3.8, 4) is 0 Å². The zero-order valence-corrected chi connectivity index (χ0v) is 20.2. The summed E-state index contributed by atoms with van der Waals surface area (Å²) in [4.78, 5) is 24.9. The standard InChI is InChI=1S/C26H21N7O2S/c1-17-27-22-8-4-5-9-23(22)31(17)15-14-24-29-25-20-6-2-3-7-21(20)28-26(32(25)30-24)36-16-18-10-12-19(13-11-18)33(34)35/h2-13H,14-16H2,1H3. The van der Waals surface area contributed by atoms with E-state index in [-0.39, 0.29) is 5.69 Å². The summed E-state index contributed by atoms with van der Waals surface area (Å²) in [5.41, 5.74) is 4.76. The lowest BCUT2D eigenvalue weighted by Crippen LogP contribution is -2.05. The number of rotatable bonds is 7. The lowest BCUT2D eigenvalue weighted by Gasteiger charge is -2.06. The molecule has 0 saturated carbocycles. The summed E-state index contributed by atoms with van der Waals surface area (Å²) in [7, 11) is 0. The first-order chi connectivity index (χ1) is 17.6. The second kappa shape index (κ2) is 9.04. The first-order valence-electron chi connectivity index (χ1n) is 11.5. The molecule has 178 valence electrons. The monoisotopic (exact) mass is 495 g/mol. The summed E-state index contributed by atoms with van der Waals surface area (Å²) in [6.07, 6.45) is 0.656. The molecule has 36 heavy (non-hydrogen) atoms. The Kier molecular flexibility index (Phi) is 5.57. The van der Waals surface area contributed by atoms with Crippen LogP contribution in [-0.4, -0.2) is 34.1 Å². The Morgan fingerprint density at radius 3 is 2.47 bits per heavy atom. The van der Waals surface area contributed by atoms with Gasteiger partial charge in [0.25, 0.3) is 5.69 Å². The number of hydrogen-bond acceptors (Lipinski definition) is 7. The third kappa shape index (κ3) is 4.05. The molecule has 3 aromatic heterocycles. The highest BCUT2D eigenvalue weighted by atomic mass is 32.2. The Morgan fingerprint density at radius 2 is 1.67 bits per heavy atom. The number of benzene rings is 3. The van der Waals surface area contributed by atoms with E-state index in [0.29, 0.717) is 12.2 Å². The highest BCUT2D eigenvalue weighted by molar-refractivity contribution is 7.98. The van der Waals surface area contributed by atoms with Crippen molar-refractivity contribution < 1.29 is 4.92 Å². The average molecular weight is 496 g/mol. The second-order valence-corrected chi connectivity index (χ2v) is 9.38. The summed E-state index contributed by atoms with van der Waals surface area (Å²) in [5, 5.41) is 17.4. The molecule has 9 nitrogen and oxygen atoms in total. The number of hydrogen-bond donors (Lipinski definition) is 0. The highest BCUT2D eigenvalue weighted by Gasteiger charge is 2.15. The molecule has 3 aromatic carbocycles. The number of thioether (sulfide) groups is 1. The van der Waals surface area contributed by atoms with Gasteiger partial charge < -0.3 is 4.57 Å². The summed E-state index contributed by atoms with van der Waals surface area (Å²) in [6.45, 7) is 2.74. The smallest absolute Gasteiger partial charge is 0.269 e. The van der Waals surface area contributed by atoms with Gasteiger partial charge in [0.2, 0.25) is 0 Å². The number of aromatic nitrogens is 6. The molecule has 0 fully saturated rings. The fourth-order valence-corrected chi connectivity index (χ4v) is 5.22. The number of nitro groups is 1. The lowest BCUT2D eigenvalue weighted by atomic mass is 10.2. The van der Waals surface area contributed by atoms with E-state index in [4.69, 9.17) is 15.1 Å². The first-order valence-corrected chi connectivity index (χ1v) is 12.5. The van der Waals surface area contributed by atoms with Crippen molar-refractivity contribution in [1.82, 2.24) is 29.1 Å². The van der Waals surface area contributed by atoms with Gasteiger partial charge >= 0.3 is 0 Å². The van der Waals surface area contributed by atoms with Gasteiger partial charge in [0.15, 0.2) is 16.6 Å². The van der Waals surface area contributed by atoms with Crippen LogP contribution in [0.5, 0.6) is 0 Å². The van der Waals surface area contributed by atoms with Crippen LogP contribution in [0.3, 0.4) is 0 Å². The number of non-ortho nitro benzene ring substituents is 1. The van der Waals surface area contributed by atoms with Crippen LogP contribution in [0.1, 0.15) is 17.2 Å². The van der Waals surface area contributed by atoms with Crippen LogP contribution in [0, 0.1) is 17.0 Å². The van der Waals surface area contributed by atoms with Gasteiger partial charge in [0.05, 0.1) is 21.5 Å². The molecule has 0 aliphatic heterocycles. The molecule has 0 saturated heterocycles. The fraction of sp³-hybridized carbons (Fsp3) is 0.154. The van der Waals surface area contributed by atoms with Crippen LogP contribution >= 0.6 is 11.8 Å². The van der Waals surface area contributed by atoms with Crippen LogP contribution in [0.2, 0.25) is 0 Å². The molecular weight excluding hydrogens is 474 g/mol. The van der Waals surface area contributed by atoms with Crippen LogP contribution < -0.4 is 0 Å². The Bertz CT molecular complexity index is 1740. The zero-order valence-electron chi connectivity index (χ0n) is 19.4. The van der Waals surface area contributed by atoms with Gasteiger partial charge in [-0.25, -0.2) is 15.0 Å². The minimum atomic E-state index is -0.392. The SMILES string of the molecule is Cc1nc2ccccc2n1CCc1nc2c3ccccc3nc(SCc3ccc([N+](=O)[O-])cc3)n2n1. The van der Waals surface area contributed by atoms with Gasteiger partial charge in [-0.15, -0.1) is 5.10 Å². The molecule has 0 bridgehead atoms. The fourth-order valence-electron chi connectivity index (χ4n) is 4.32. The van der Waals surface area contributed by atoms with E-state index in [9.17, 15) is 10.1 Å².